The number of carbonyl (C=O) groups is 2. The van der Waals surface area contributed by atoms with Crippen LogP contribution in [-0.2, 0) is 9.59 Å². The number of nitrogens with zero attached hydrogens (tertiary/aromatic N) is 1. The summed E-state index contributed by atoms with van der Waals surface area (Å²) in [5, 5.41) is 12.0. The summed E-state index contributed by atoms with van der Waals surface area (Å²) >= 11 is 0. The number of nitrogens with one attached hydrogen (secondary N) is 1. The normalized spacial score (nSPS) is 20.3. The molecule has 7 nitrogen and oxygen atoms in total. The Balaban J connectivity index is 1.52. The predicted octanol–water partition coefficient (Wildman–Crippen LogP) is 1.68. The molecule has 0 aromatic heterocycles. The van der Waals surface area contributed by atoms with Crippen molar-refractivity contribution in [2.24, 2.45) is 0 Å². The van der Waals surface area contributed by atoms with Crippen LogP contribution < -0.4 is 14.8 Å². The minimum atomic E-state index is -0.805. The molecule has 1 amide bonds. The number of likely N-dealkylation sites (tertiary alicyclic amines) is 1. The van der Waals surface area contributed by atoms with Crippen molar-refractivity contribution in [3.8, 4) is 11.5 Å². The van der Waals surface area contributed by atoms with Crippen molar-refractivity contribution in [1.82, 2.24) is 4.90 Å². The molecule has 1 fully saturated rings. The van der Waals surface area contributed by atoms with Gasteiger partial charge in [-0.3, -0.25) is 14.5 Å². The highest BCUT2D eigenvalue weighted by atomic mass is 16.7. The highest BCUT2D eigenvalue weighted by Crippen LogP contribution is 2.34. The quantitative estimate of drug-likeness (QED) is 0.858. The van der Waals surface area contributed by atoms with Crippen molar-refractivity contribution in [2.45, 2.75) is 31.7 Å². The summed E-state index contributed by atoms with van der Waals surface area (Å²) in [5.74, 6) is 0.338. The fourth-order valence-corrected chi connectivity index (χ4v) is 2.98. The van der Waals surface area contributed by atoms with Crippen LogP contribution in [0.1, 0.15) is 25.7 Å². The second-order valence-electron chi connectivity index (χ2n) is 5.75. The number of fused-ring (bicyclic) bond motifs is 1. The SMILES string of the molecule is O=C(CCN1CCCCC1C(=O)O)Nc1ccc2c(c1)OCO2. The van der Waals surface area contributed by atoms with E-state index in [1.54, 1.807) is 18.2 Å². The van der Waals surface area contributed by atoms with Gasteiger partial charge in [0.05, 0.1) is 0 Å². The Kier molecular flexibility index (Phi) is 4.66. The minimum absolute atomic E-state index is 0.140. The number of hydrogen-bond acceptors (Lipinski definition) is 5. The number of anilines is 1. The standard InChI is InChI=1S/C16H20N2O5/c19-15(6-8-18-7-2-1-3-12(18)16(20)21)17-11-4-5-13-14(9-11)23-10-22-13/h4-5,9,12H,1-3,6-8,10H2,(H,17,19)(H,20,21). The third-order valence-electron chi connectivity index (χ3n) is 4.18. The molecule has 0 aliphatic carbocycles. The highest BCUT2D eigenvalue weighted by Gasteiger charge is 2.28. The molecule has 1 aromatic carbocycles. The second kappa shape index (κ2) is 6.87. The van der Waals surface area contributed by atoms with E-state index in [1.165, 1.54) is 0 Å². The number of piperidine rings is 1. The summed E-state index contributed by atoms with van der Waals surface area (Å²) in [6.07, 6.45) is 2.82. The van der Waals surface area contributed by atoms with Crippen LogP contribution in [0.3, 0.4) is 0 Å². The van der Waals surface area contributed by atoms with E-state index in [-0.39, 0.29) is 19.1 Å². The summed E-state index contributed by atoms with van der Waals surface area (Å²) < 4.78 is 10.5. The first-order valence-electron chi connectivity index (χ1n) is 7.80. The number of carboxylic acids is 1. The van der Waals surface area contributed by atoms with Crippen molar-refractivity contribution < 1.29 is 24.2 Å². The molecule has 2 aliphatic rings. The van der Waals surface area contributed by atoms with Crippen molar-refractivity contribution in [2.75, 3.05) is 25.2 Å². The average Bonchev–Trinajstić information content (AvgIpc) is 3.00. The molecule has 124 valence electrons. The molecule has 0 spiro atoms. The molecule has 2 N–H and O–H groups in total. The molecule has 1 aromatic rings. The molecule has 7 heteroatoms. The predicted molar refractivity (Wildman–Crippen MR) is 82.7 cm³/mol. The molecular weight excluding hydrogens is 300 g/mol. The lowest BCUT2D eigenvalue weighted by Crippen LogP contribution is -2.45. The van der Waals surface area contributed by atoms with E-state index in [0.29, 0.717) is 30.2 Å². The first-order valence-corrected chi connectivity index (χ1v) is 7.80. The number of rotatable bonds is 5. The van der Waals surface area contributed by atoms with Crippen LogP contribution in [0.15, 0.2) is 18.2 Å². The maximum Gasteiger partial charge on any atom is 0.320 e. The van der Waals surface area contributed by atoms with Crippen molar-refractivity contribution in [3.05, 3.63) is 18.2 Å². The third kappa shape index (κ3) is 3.73. The lowest BCUT2D eigenvalue weighted by atomic mass is 10.0. The summed E-state index contributed by atoms with van der Waals surface area (Å²) in [4.78, 5) is 25.2. The zero-order valence-electron chi connectivity index (χ0n) is 12.8. The van der Waals surface area contributed by atoms with Gasteiger partial charge >= 0.3 is 5.97 Å². The van der Waals surface area contributed by atoms with Crippen LogP contribution in [0, 0.1) is 0 Å². The van der Waals surface area contributed by atoms with Gasteiger partial charge in [-0.1, -0.05) is 6.42 Å². The van der Waals surface area contributed by atoms with Gasteiger partial charge < -0.3 is 19.9 Å². The zero-order valence-corrected chi connectivity index (χ0v) is 12.8. The van der Waals surface area contributed by atoms with E-state index in [1.807, 2.05) is 4.90 Å². The molecule has 0 saturated carbocycles. The Morgan fingerprint density at radius 1 is 1.26 bits per heavy atom. The Morgan fingerprint density at radius 2 is 2.09 bits per heavy atom. The van der Waals surface area contributed by atoms with Gasteiger partial charge in [-0.2, -0.15) is 0 Å². The molecule has 23 heavy (non-hydrogen) atoms. The number of aliphatic carboxylic acids is 1. The van der Waals surface area contributed by atoms with Crippen LogP contribution in [0.5, 0.6) is 11.5 Å². The number of carboxylic acid groups (broad SMARTS) is 1. The van der Waals surface area contributed by atoms with E-state index in [9.17, 15) is 14.7 Å². The maximum absolute atomic E-state index is 12.1. The Bertz CT molecular complexity index is 604. The summed E-state index contributed by atoms with van der Waals surface area (Å²) in [6, 6.07) is 4.76. The van der Waals surface area contributed by atoms with Crippen LogP contribution in [0.25, 0.3) is 0 Å². The minimum Gasteiger partial charge on any atom is -0.480 e. The molecule has 1 saturated heterocycles. The van der Waals surface area contributed by atoms with E-state index in [4.69, 9.17) is 9.47 Å². The molecule has 1 atom stereocenters. The Labute approximate surface area is 134 Å². The fraction of sp³-hybridized carbons (Fsp3) is 0.500. The van der Waals surface area contributed by atoms with E-state index < -0.39 is 12.0 Å². The molecule has 1 unspecified atom stereocenters. The number of benzene rings is 1. The Hall–Kier alpha value is -2.28. The molecule has 2 heterocycles. The first-order chi connectivity index (χ1) is 11.1. The summed E-state index contributed by atoms with van der Waals surface area (Å²) in [5.41, 5.74) is 0.646. The number of hydrogen-bond donors (Lipinski definition) is 2. The smallest absolute Gasteiger partial charge is 0.320 e. The number of carbonyl (C=O) groups excluding carboxylic acids is 1. The monoisotopic (exact) mass is 320 g/mol. The largest absolute Gasteiger partial charge is 0.480 e. The van der Waals surface area contributed by atoms with Crippen LogP contribution in [-0.4, -0.2) is 47.8 Å². The van der Waals surface area contributed by atoms with E-state index in [0.717, 1.165) is 19.4 Å². The van der Waals surface area contributed by atoms with E-state index >= 15 is 0 Å². The first kappa shape index (κ1) is 15.6. The van der Waals surface area contributed by atoms with Crippen molar-refractivity contribution in [1.29, 1.82) is 0 Å². The van der Waals surface area contributed by atoms with Gasteiger partial charge in [-0.05, 0) is 31.5 Å². The number of ether oxygens (including phenoxy) is 2. The van der Waals surface area contributed by atoms with Crippen molar-refractivity contribution in [3.63, 3.8) is 0 Å². The highest BCUT2D eigenvalue weighted by molar-refractivity contribution is 5.91. The second-order valence-corrected chi connectivity index (χ2v) is 5.75. The van der Waals surface area contributed by atoms with Gasteiger partial charge in [0.15, 0.2) is 11.5 Å². The molecular formula is C16H20N2O5. The lowest BCUT2D eigenvalue weighted by molar-refractivity contribution is -0.144. The Morgan fingerprint density at radius 3 is 2.91 bits per heavy atom. The van der Waals surface area contributed by atoms with Gasteiger partial charge in [-0.25, -0.2) is 0 Å². The van der Waals surface area contributed by atoms with Crippen LogP contribution in [0.2, 0.25) is 0 Å². The maximum atomic E-state index is 12.1. The molecule has 3 rings (SSSR count). The van der Waals surface area contributed by atoms with Crippen molar-refractivity contribution >= 4 is 17.6 Å². The van der Waals surface area contributed by atoms with Crippen LogP contribution >= 0.6 is 0 Å². The topological polar surface area (TPSA) is 88.1 Å². The molecule has 2 aliphatic heterocycles. The van der Waals surface area contributed by atoms with Gasteiger partial charge in [0.1, 0.15) is 6.04 Å². The lowest BCUT2D eigenvalue weighted by Gasteiger charge is -2.32. The molecule has 0 radical (unpaired) electrons. The fourth-order valence-electron chi connectivity index (χ4n) is 2.98. The number of amides is 1. The van der Waals surface area contributed by atoms with Gasteiger partial charge in [0, 0.05) is 24.7 Å². The van der Waals surface area contributed by atoms with E-state index in [2.05, 4.69) is 5.32 Å². The van der Waals surface area contributed by atoms with Gasteiger partial charge in [-0.15, -0.1) is 0 Å². The van der Waals surface area contributed by atoms with Gasteiger partial charge in [0.25, 0.3) is 0 Å². The van der Waals surface area contributed by atoms with Crippen LogP contribution in [0.4, 0.5) is 5.69 Å². The molecule has 0 bridgehead atoms. The zero-order chi connectivity index (χ0) is 16.2. The summed E-state index contributed by atoms with van der Waals surface area (Å²) in [7, 11) is 0. The summed E-state index contributed by atoms with van der Waals surface area (Å²) in [6.45, 7) is 1.37. The average molecular weight is 320 g/mol. The van der Waals surface area contributed by atoms with Gasteiger partial charge in [0.2, 0.25) is 12.7 Å². The third-order valence-corrected chi connectivity index (χ3v) is 4.18.